The highest BCUT2D eigenvalue weighted by molar-refractivity contribution is 6.43. The first-order valence-electron chi connectivity index (χ1n) is 9.07. The van der Waals surface area contributed by atoms with Crippen molar-refractivity contribution in [1.29, 1.82) is 0 Å². The Hall–Kier alpha value is -2.37. The lowest BCUT2D eigenvalue weighted by Gasteiger charge is -2.34. The molecule has 144 valence electrons. The number of hydrogen-bond donors (Lipinski definition) is 1. The van der Waals surface area contributed by atoms with E-state index in [-0.39, 0.29) is 22.8 Å². The number of carbonyl (C=O) groups excluding carboxylic acids is 1. The second kappa shape index (κ2) is 7.94. The van der Waals surface area contributed by atoms with Gasteiger partial charge in [-0.2, -0.15) is 0 Å². The van der Waals surface area contributed by atoms with Gasteiger partial charge in [0.2, 0.25) is 0 Å². The van der Waals surface area contributed by atoms with Crippen LogP contribution in [0.25, 0.3) is 10.9 Å². The molecule has 1 saturated heterocycles. The van der Waals surface area contributed by atoms with Gasteiger partial charge in [-0.3, -0.25) is 9.78 Å². The van der Waals surface area contributed by atoms with Crippen LogP contribution in [0.15, 0.2) is 48.7 Å². The number of nitrogens with one attached hydrogen (secondary N) is 1. The minimum absolute atomic E-state index is 0.0450. The maximum absolute atomic E-state index is 14.0. The summed E-state index contributed by atoms with van der Waals surface area (Å²) in [7, 11) is 0. The SMILES string of the molecule is O=C(NC1CCN(c2ccnc3c(F)cccc23)CC1)c1cccc(Cl)c1Cl. The molecule has 1 aromatic heterocycles. The predicted molar refractivity (Wildman–Crippen MR) is 111 cm³/mol. The molecule has 0 aliphatic carbocycles. The molecule has 1 N–H and O–H groups in total. The molecule has 4 nitrogen and oxygen atoms in total. The highest BCUT2D eigenvalue weighted by Gasteiger charge is 2.23. The smallest absolute Gasteiger partial charge is 0.253 e. The molecule has 1 amide bonds. The molecule has 1 aliphatic rings. The van der Waals surface area contributed by atoms with Gasteiger partial charge >= 0.3 is 0 Å². The minimum Gasteiger partial charge on any atom is -0.371 e. The normalized spacial score (nSPS) is 15.0. The fraction of sp³-hybridized carbons (Fsp3) is 0.238. The van der Waals surface area contributed by atoms with Crippen LogP contribution in [-0.2, 0) is 0 Å². The van der Waals surface area contributed by atoms with Crippen LogP contribution in [0.2, 0.25) is 10.0 Å². The number of nitrogens with zero attached hydrogens (tertiary/aromatic N) is 2. The number of aromatic nitrogens is 1. The number of anilines is 1. The summed E-state index contributed by atoms with van der Waals surface area (Å²) in [5.41, 5.74) is 1.73. The van der Waals surface area contributed by atoms with Crippen molar-refractivity contribution in [2.45, 2.75) is 18.9 Å². The van der Waals surface area contributed by atoms with E-state index in [9.17, 15) is 9.18 Å². The van der Waals surface area contributed by atoms with Crippen LogP contribution < -0.4 is 10.2 Å². The third kappa shape index (κ3) is 3.64. The molecular weight excluding hydrogens is 400 g/mol. The first kappa shape index (κ1) is 19.0. The third-order valence-electron chi connectivity index (χ3n) is 5.07. The van der Waals surface area contributed by atoms with Crippen LogP contribution in [0.5, 0.6) is 0 Å². The fourth-order valence-corrected chi connectivity index (χ4v) is 3.99. The summed E-state index contributed by atoms with van der Waals surface area (Å²) in [6.07, 6.45) is 3.20. The molecule has 0 spiro atoms. The summed E-state index contributed by atoms with van der Waals surface area (Å²) in [5, 5.41) is 4.47. The average molecular weight is 418 g/mol. The zero-order valence-electron chi connectivity index (χ0n) is 15.0. The van der Waals surface area contributed by atoms with Gasteiger partial charge in [-0.25, -0.2) is 4.39 Å². The Balaban J connectivity index is 1.45. The van der Waals surface area contributed by atoms with Crippen LogP contribution in [0.1, 0.15) is 23.2 Å². The minimum atomic E-state index is -0.320. The molecule has 0 saturated carbocycles. The van der Waals surface area contributed by atoms with E-state index in [1.54, 1.807) is 30.5 Å². The van der Waals surface area contributed by atoms with E-state index in [1.807, 2.05) is 12.1 Å². The number of amides is 1. The van der Waals surface area contributed by atoms with Gasteiger partial charge in [0.1, 0.15) is 11.3 Å². The Labute approximate surface area is 172 Å². The Morgan fingerprint density at radius 1 is 1.11 bits per heavy atom. The predicted octanol–water partition coefficient (Wildman–Crippen LogP) is 5.08. The molecule has 7 heteroatoms. The first-order chi connectivity index (χ1) is 13.5. The molecule has 2 aromatic carbocycles. The van der Waals surface area contributed by atoms with E-state index in [0.717, 1.165) is 37.0 Å². The summed E-state index contributed by atoms with van der Waals surface area (Å²) in [6.45, 7) is 1.51. The number of carbonyl (C=O) groups is 1. The van der Waals surface area contributed by atoms with Crippen molar-refractivity contribution < 1.29 is 9.18 Å². The van der Waals surface area contributed by atoms with Gasteiger partial charge in [-0.15, -0.1) is 0 Å². The van der Waals surface area contributed by atoms with Crippen molar-refractivity contribution >= 4 is 45.7 Å². The number of pyridine rings is 1. The number of piperidine rings is 1. The number of benzene rings is 2. The first-order valence-corrected chi connectivity index (χ1v) is 9.83. The highest BCUT2D eigenvalue weighted by Crippen LogP contribution is 2.29. The quantitative estimate of drug-likeness (QED) is 0.645. The van der Waals surface area contributed by atoms with E-state index >= 15 is 0 Å². The summed E-state index contributed by atoms with van der Waals surface area (Å²) in [4.78, 5) is 18.9. The number of halogens is 3. The number of rotatable bonds is 3. The second-order valence-corrected chi connectivity index (χ2v) is 7.59. The van der Waals surface area contributed by atoms with Gasteiger partial charge in [-0.1, -0.05) is 41.4 Å². The summed E-state index contributed by atoms with van der Waals surface area (Å²) >= 11 is 12.1. The summed E-state index contributed by atoms with van der Waals surface area (Å²) < 4.78 is 14.0. The molecule has 2 heterocycles. The lowest BCUT2D eigenvalue weighted by atomic mass is 10.0. The lowest BCUT2D eigenvalue weighted by Crippen LogP contribution is -2.44. The molecule has 0 unspecified atom stereocenters. The molecule has 0 atom stereocenters. The second-order valence-electron chi connectivity index (χ2n) is 6.80. The zero-order chi connectivity index (χ0) is 19.7. The number of fused-ring (bicyclic) bond motifs is 1. The van der Waals surface area contributed by atoms with Gasteiger partial charge in [0, 0.05) is 36.4 Å². The van der Waals surface area contributed by atoms with Crippen LogP contribution in [-0.4, -0.2) is 30.0 Å². The van der Waals surface area contributed by atoms with Gasteiger partial charge in [0.05, 0.1) is 15.6 Å². The van der Waals surface area contributed by atoms with Crippen molar-refractivity contribution in [1.82, 2.24) is 10.3 Å². The van der Waals surface area contributed by atoms with Crippen LogP contribution in [0.3, 0.4) is 0 Å². The van der Waals surface area contributed by atoms with Crippen molar-refractivity contribution in [3.05, 3.63) is 70.1 Å². The maximum Gasteiger partial charge on any atom is 0.253 e. The average Bonchev–Trinajstić information content (AvgIpc) is 2.70. The van der Waals surface area contributed by atoms with Crippen molar-refractivity contribution in [2.75, 3.05) is 18.0 Å². The fourth-order valence-electron chi connectivity index (χ4n) is 3.61. The maximum atomic E-state index is 14.0. The molecular formula is C21H18Cl2FN3O. The van der Waals surface area contributed by atoms with Crippen molar-refractivity contribution in [2.24, 2.45) is 0 Å². The van der Waals surface area contributed by atoms with Crippen molar-refractivity contribution in [3.8, 4) is 0 Å². The molecule has 0 bridgehead atoms. The Morgan fingerprint density at radius 2 is 1.86 bits per heavy atom. The highest BCUT2D eigenvalue weighted by atomic mass is 35.5. The van der Waals surface area contributed by atoms with E-state index in [4.69, 9.17) is 23.2 Å². The number of hydrogen-bond acceptors (Lipinski definition) is 3. The Kier molecular flexibility index (Phi) is 5.38. The largest absolute Gasteiger partial charge is 0.371 e. The number of para-hydroxylation sites is 1. The lowest BCUT2D eigenvalue weighted by molar-refractivity contribution is 0.0931. The molecule has 4 rings (SSSR count). The van der Waals surface area contributed by atoms with Gasteiger partial charge in [0.25, 0.3) is 5.91 Å². The molecule has 28 heavy (non-hydrogen) atoms. The van der Waals surface area contributed by atoms with Gasteiger partial charge < -0.3 is 10.2 Å². The standard InChI is InChI=1S/C21H18Cl2FN3O/c22-16-5-1-4-15(19(16)23)21(28)26-13-8-11-27(12-9-13)18-7-10-25-20-14(18)3-2-6-17(20)24/h1-7,10,13H,8-9,11-12H2,(H,26,28). The van der Waals surface area contributed by atoms with E-state index in [1.165, 1.54) is 6.07 Å². The monoisotopic (exact) mass is 417 g/mol. The van der Waals surface area contributed by atoms with E-state index < -0.39 is 0 Å². The molecule has 1 aliphatic heterocycles. The van der Waals surface area contributed by atoms with Crippen molar-refractivity contribution in [3.63, 3.8) is 0 Å². The zero-order valence-corrected chi connectivity index (χ0v) is 16.5. The van der Waals surface area contributed by atoms with Gasteiger partial charge in [0.15, 0.2) is 0 Å². The van der Waals surface area contributed by atoms with E-state index in [0.29, 0.717) is 16.1 Å². The molecule has 3 aromatic rings. The third-order valence-corrected chi connectivity index (χ3v) is 5.88. The van der Waals surface area contributed by atoms with E-state index in [2.05, 4.69) is 15.2 Å². The molecule has 0 radical (unpaired) electrons. The Bertz CT molecular complexity index is 1040. The summed E-state index contributed by atoms with van der Waals surface area (Å²) in [6, 6.07) is 12.0. The van der Waals surface area contributed by atoms with Crippen LogP contribution in [0, 0.1) is 5.82 Å². The Morgan fingerprint density at radius 3 is 2.64 bits per heavy atom. The topological polar surface area (TPSA) is 45.2 Å². The summed E-state index contributed by atoms with van der Waals surface area (Å²) in [5.74, 6) is -0.540. The van der Waals surface area contributed by atoms with Gasteiger partial charge in [-0.05, 0) is 37.1 Å². The van der Waals surface area contributed by atoms with Crippen LogP contribution >= 0.6 is 23.2 Å². The van der Waals surface area contributed by atoms with Crippen LogP contribution in [0.4, 0.5) is 10.1 Å². The molecule has 1 fully saturated rings.